The summed E-state index contributed by atoms with van der Waals surface area (Å²) < 4.78 is 0. The highest BCUT2D eigenvalue weighted by Crippen LogP contribution is 2.10. The molecule has 0 spiro atoms. The predicted molar refractivity (Wildman–Crippen MR) is 63.2 cm³/mol. The summed E-state index contributed by atoms with van der Waals surface area (Å²) in [7, 11) is 0. The molecule has 2 N–H and O–H groups in total. The van der Waals surface area contributed by atoms with Crippen molar-refractivity contribution in [2.24, 2.45) is 0 Å². The van der Waals surface area contributed by atoms with Gasteiger partial charge in [0.1, 0.15) is 5.82 Å². The fourth-order valence-electron chi connectivity index (χ4n) is 1.45. The lowest BCUT2D eigenvalue weighted by Gasteiger charge is -2.10. The number of nitrogens with one attached hydrogen (secondary N) is 2. The summed E-state index contributed by atoms with van der Waals surface area (Å²) >= 11 is 1.59. The van der Waals surface area contributed by atoms with Crippen LogP contribution in [0.25, 0.3) is 0 Å². The molecule has 2 aromatic rings. The molecule has 0 aliphatic heterocycles. The van der Waals surface area contributed by atoms with Crippen LogP contribution in [0.2, 0.25) is 0 Å². The van der Waals surface area contributed by atoms with Crippen LogP contribution >= 0.6 is 11.3 Å². The number of rotatable bonds is 4. The van der Waals surface area contributed by atoms with Gasteiger partial charge < -0.3 is 10.3 Å². The molecule has 0 aromatic carbocycles. The third-order valence-electron chi connectivity index (χ3n) is 2.22. The number of carbonyl (C=O) groups excluding carboxylic acids is 1. The van der Waals surface area contributed by atoms with Crippen molar-refractivity contribution < 1.29 is 4.79 Å². The van der Waals surface area contributed by atoms with Crippen LogP contribution in [0.4, 0.5) is 0 Å². The number of thiophene rings is 1. The van der Waals surface area contributed by atoms with Crippen molar-refractivity contribution in [2.45, 2.75) is 19.4 Å². The average molecular weight is 235 g/mol. The van der Waals surface area contributed by atoms with Gasteiger partial charge in [0.15, 0.2) is 0 Å². The van der Waals surface area contributed by atoms with Crippen LogP contribution in [0.3, 0.4) is 0 Å². The second kappa shape index (κ2) is 4.94. The van der Waals surface area contributed by atoms with E-state index in [1.165, 1.54) is 0 Å². The molecule has 84 valence electrons. The van der Waals surface area contributed by atoms with E-state index in [1.807, 2.05) is 24.4 Å². The largest absolute Gasteiger partial charge is 0.347 e. The van der Waals surface area contributed by atoms with Crippen molar-refractivity contribution in [3.8, 4) is 0 Å². The summed E-state index contributed by atoms with van der Waals surface area (Å²) in [6.45, 7) is 1.91. The van der Waals surface area contributed by atoms with Crippen LogP contribution in [-0.4, -0.2) is 15.9 Å². The number of aromatic nitrogens is 2. The summed E-state index contributed by atoms with van der Waals surface area (Å²) in [5, 5.41) is 4.87. The lowest BCUT2D eigenvalue weighted by atomic mass is 10.3. The number of aromatic amines is 1. The average Bonchev–Trinajstić information content (AvgIpc) is 2.88. The van der Waals surface area contributed by atoms with Crippen molar-refractivity contribution in [3.63, 3.8) is 0 Å². The summed E-state index contributed by atoms with van der Waals surface area (Å²) in [6, 6.07) is 3.83. The molecule has 0 fully saturated rings. The fourth-order valence-corrected chi connectivity index (χ4v) is 2.15. The van der Waals surface area contributed by atoms with E-state index in [-0.39, 0.29) is 11.9 Å². The van der Waals surface area contributed by atoms with Crippen molar-refractivity contribution in [1.29, 1.82) is 0 Å². The van der Waals surface area contributed by atoms with Gasteiger partial charge in [0.2, 0.25) is 5.91 Å². The van der Waals surface area contributed by atoms with Crippen LogP contribution in [-0.2, 0) is 11.2 Å². The Bertz CT molecular complexity index is 436. The van der Waals surface area contributed by atoms with Gasteiger partial charge in [-0.05, 0) is 18.4 Å². The van der Waals surface area contributed by atoms with E-state index >= 15 is 0 Å². The van der Waals surface area contributed by atoms with Crippen molar-refractivity contribution >= 4 is 17.2 Å². The zero-order valence-corrected chi connectivity index (χ0v) is 9.75. The van der Waals surface area contributed by atoms with E-state index in [0.717, 1.165) is 10.7 Å². The third kappa shape index (κ3) is 2.70. The van der Waals surface area contributed by atoms with E-state index < -0.39 is 0 Å². The number of hydrogen-bond donors (Lipinski definition) is 2. The van der Waals surface area contributed by atoms with Gasteiger partial charge in [-0.25, -0.2) is 4.98 Å². The Kier molecular flexibility index (Phi) is 3.36. The lowest BCUT2D eigenvalue weighted by molar-refractivity contribution is -0.121. The first-order chi connectivity index (χ1) is 7.75. The summed E-state index contributed by atoms with van der Waals surface area (Å²) in [4.78, 5) is 19.8. The molecule has 2 rings (SSSR count). The maximum Gasteiger partial charge on any atom is 0.225 e. The first kappa shape index (κ1) is 10.9. The molecule has 1 amide bonds. The van der Waals surface area contributed by atoms with Gasteiger partial charge in [-0.1, -0.05) is 6.07 Å². The minimum atomic E-state index is -0.0811. The first-order valence-corrected chi connectivity index (χ1v) is 5.94. The molecule has 16 heavy (non-hydrogen) atoms. The molecule has 0 radical (unpaired) electrons. The molecule has 1 unspecified atom stereocenters. The second-order valence-corrected chi connectivity index (χ2v) is 4.55. The zero-order valence-electron chi connectivity index (χ0n) is 8.93. The van der Waals surface area contributed by atoms with Crippen LogP contribution in [0.15, 0.2) is 29.9 Å². The predicted octanol–water partition coefficient (Wildman–Crippen LogP) is 1.89. The Morgan fingerprint density at radius 3 is 3.19 bits per heavy atom. The molecule has 0 aliphatic rings. The van der Waals surface area contributed by atoms with Gasteiger partial charge >= 0.3 is 0 Å². The van der Waals surface area contributed by atoms with Crippen LogP contribution in [0.5, 0.6) is 0 Å². The van der Waals surface area contributed by atoms with Gasteiger partial charge in [0.25, 0.3) is 0 Å². The van der Waals surface area contributed by atoms with Gasteiger partial charge in [0, 0.05) is 17.3 Å². The van der Waals surface area contributed by atoms with E-state index in [0.29, 0.717) is 6.42 Å². The molecular weight excluding hydrogens is 222 g/mol. The van der Waals surface area contributed by atoms with Gasteiger partial charge in [-0.15, -0.1) is 11.3 Å². The molecule has 0 saturated heterocycles. The number of imidazole rings is 1. The van der Waals surface area contributed by atoms with Crippen LogP contribution < -0.4 is 5.32 Å². The molecule has 0 bridgehead atoms. The van der Waals surface area contributed by atoms with Crippen molar-refractivity contribution in [3.05, 3.63) is 40.6 Å². The summed E-state index contributed by atoms with van der Waals surface area (Å²) in [5.74, 6) is 0.797. The van der Waals surface area contributed by atoms with E-state index in [4.69, 9.17) is 0 Å². The van der Waals surface area contributed by atoms with Crippen molar-refractivity contribution in [2.75, 3.05) is 0 Å². The first-order valence-electron chi connectivity index (χ1n) is 5.06. The molecule has 5 heteroatoms. The topological polar surface area (TPSA) is 57.8 Å². The normalized spacial score (nSPS) is 12.3. The highest BCUT2D eigenvalue weighted by Gasteiger charge is 2.11. The number of hydrogen-bond acceptors (Lipinski definition) is 3. The molecular formula is C11H13N3OS. The number of carbonyl (C=O) groups is 1. The third-order valence-corrected chi connectivity index (χ3v) is 3.10. The molecule has 4 nitrogen and oxygen atoms in total. The molecule has 2 heterocycles. The van der Waals surface area contributed by atoms with E-state index in [2.05, 4.69) is 15.3 Å². The molecule has 0 aliphatic carbocycles. The Hall–Kier alpha value is -1.62. The standard InChI is InChI=1S/C11H13N3OS/c1-8(11-12-4-5-13-11)14-10(15)7-9-3-2-6-16-9/h2-6,8H,7H2,1H3,(H,12,13)(H,14,15). The minimum absolute atomic E-state index is 0.0198. The second-order valence-electron chi connectivity index (χ2n) is 3.52. The van der Waals surface area contributed by atoms with Gasteiger partial charge in [-0.3, -0.25) is 4.79 Å². The quantitative estimate of drug-likeness (QED) is 0.850. The van der Waals surface area contributed by atoms with Crippen molar-refractivity contribution in [1.82, 2.24) is 15.3 Å². The van der Waals surface area contributed by atoms with Gasteiger partial charge in [0.05, 0.1) is 12.5 Å². The highest BCUT2D eigenvalue weighted by atomic mass is 32.1. The number of nitrogens with zero attached hydrogens (tertiary/aromatic N) is 1. The zero-order chi connectivity index (χ0) is 11.4. The monoisotopic (exact) mass is 235 g/mol. The SMILES string of the molecule is CC(NC(=O)Cc1cccs1)c1ncc[nH]1. The minimum Gasteiger partial charge on any atom is -0.347 e. The Balaban J connectivity index is 1.88. The Labute approximate surface area is 97.7 Å². The summed E-state index contributed by atoms with van der Waals surface area (Å²) in [6.07, 6.45) is 3.86. The Morgan fingerprint density at radius 2 is 2.56 bits per heavy atom. The maximum absolute atomic E-state index is 11.7. The lowest BCUT2D eigenvalue weighted by Crippen LogP contribution is -2.28. The van der Waals surface area contributed by atoms with Crippen LogP contribution in [0, 0.1) is 0 Å². The molecule has 1 atom stereocenters. The maximum atomic E-state index is 11.7. The summed E-state index contributed by atoms with van der Waals surface area (Å²) in [5.41, 5.74) is 0. The number of amides is 1. The van der Waals surface area contributed by atoms with E-state index in [1.54, 1.807) is 23.7 Å². The smallest absolute Gasteiger partial charge is 0.225 e. The number of H-pyrrole nitrogens is 1. The molecule has 0 saturated carbocycles. The highest BCUT2D eigenvalue weighted by molar-refractivity contribution is 7.10. The van der Waals surface area contributed by atoms with Crippen LogP contribution in [0.1, 0.15) is 23.7 Å². The van der Waals surface area contributed by atoms with Gasteiger partial charge in [-0.2, -0.15) is 0 Å². The molecule has 2 aromatic heterocycles. The fraction of sp³-hybridized carbons (Fsp3) is 0.273. The van der Waals surface area contributed by atoms with E-state index in [9.17, 15) is 4.79 Å². The Morgan fingerprint density at radius 1 is 1.69 bits per heavy atom.